The molecule has 0 spiro atoms. The lowest BCUT2D eigenvalue weighted by molar-refractivity contribution is 0.461. The van der Waals surface area contributed by atoms with Gasteiger partial charge in [0.05, 0.1) is 18.8 Å². The van der Waals surface area contributed by atoms with Gasteiger partial charge in [0, 0.05) is 24.2 Å². The van der Waals surface area contributed by atoms with Crippen LogP contribution in [0.2, 0.25) is 0 Å². The first-order chi connectivity index (χ1) is 14.5. The molecular weight excluding hydrogens is 528 g/mol. The predicted molar refractivity (Wildman–Crippen MR) is 134 cm³/mol. The number of thiazole rings is 1. The summed E-state index contributed by atoms with van der Waals surface area (Å²) in [5.41, 5.74) is 2.07. The molecule has 3 rings (SSSR count). The van der Waals surface area contributed by atoms with E-state index in [0.717, 1.165) is 28.8 Å². The number of nitrogens with one attached hydrogen (secondary N) is 2. The van der Waals surface area contributed by atoms with Crippen LogP contribution < -0.4 is 15.4 Å². The largest absolute Gasteiger partial charge is 0.439 e. The molecule has 2 heterocycles. The average Bonchev–Trinajstić information content (AvgIpc) is 3.22. The van der Waals surface area contributed by atoms with Gasteiger partial charge >= 0.3 is 0 Å². The van der Waals surface area contributed by atoms with Gasteiger partial charge in [-0.3, -0.25) is 0 Å². The lowest BCUT2D eigenvalue weighted by Gasteiger charge is -2.10. The van der Waals surface area contributed by atoms with Crippen molar-refractivity contribution in [2.45, 2.75) is 39.8 Å². The van der Waals surface area contributed by atoms with Gasteiger partial charge in [-0.2, -0.15) is 0 Å². The van der Waals surface area contributed by atoms with Gasteiger partial charge in [0.15, 0.2) is 5.96 Å². The minimum atomic E-state index is -0.302. The van der Waals surface area contributed by atoms with Crippen molar-refractivity contribution in [3.63, 3.8) is 0 Å². The van der Waals surface area contributed by atoms with Crippen molar-refractivity contribution in [1.29, 1.82) is 0 Å². The number of nitrogens with zero attached hydrogens (tertiary/aromatic N) is 3. The number of hydrogen-bond acceptors (Lipinski definition) is 5. The highest BCUT2D eigenvalue weighted by atomic mass is 127. The number of halogens is 2. The van der Waals surface area contributed by atoms with E-state index in [0.29, 0.717) is 30.6 Å². The normalized spacial score (nSPS) is 11.2. The summed E-state index contributed by atoms with van der Waals surface area (Å²) < 4.78 is 18.6. The monoisotopic (exact) mass is 555 g/mol. The van der Waals surface area contributed by atoms with E-state index in [1.807, 2.05) is 13.0 Å². The van der Waals surface area contributed by atoms with E-state index in [-0.39, 0.29) is 29.8 Å². The molecule has 0 unspecified atom stereocenters. The Hall–Kier alpha value is -2.27. The summed E-state index contributed by atoms with van der Waals surface area (Å²) in [5.74, 6) is 1.84. The number of pyridine rings is 1. The fourth-order valence-electron chi connectivity index (χ4n) is 2.53. The summed E-state index contributed by atoms with van der Waals surface area (Å²) >= 11 is 1.65. The summed E-state index contributed by atoms with van der Waals surface area (Å²) in [5, 5.41) is 9.70. The molecule has 1 aromatic carbocycles. The van der Waals surface area contributed by atoms with Gasteiger partial charge in [-0.1, -0.05) is 19.9 Å². The summed E-state index contributed by atoms with van der Waals surface area (Å²) in [6.07, 6.45) is 1.72. The van der Waals surface area contributed by atoms with Crippen LogP contribution in [-0.2, 0) is 13.1 Å². The number of rotatable bonds is 8. The standard InChI is InChI=1S/C22H26FN5OS.HI/c1-4-24-22(27-13-21-28-19(14-30-21)15(2)3)26-12-16-5-10-20(25-11-16)29-18-8-6-17(23)7-9-18;/h5-11,14-15H,4,12-13H2,1-3H3,(H2,24,26,27);1H. The highest BCUT2D eigenvalue weighted by Crippen LogP contribution is 2.20. The number of hydrogen-bond donors (Lipinski definition) is 2. The fraction of sp³-hybridized carbons (Fsp3) is 0.318. The van der Waals surface area contributed by atoms with E-state index in [4.69, 9.17) is 4.74 Å². The Morgan fingerprint density at radius 2 is 1.94 bits per heavy atom. The summed E-state index contributed by atoms with van der Waals surface area (Å²) in [4.78, 5) is 13.5. The molecule has 31 heavy (non-hydrogen) atoms. The number of ether oxygens (including phenoxy) is 1. The van der Waals surface area contributed by atoms with Gasteiger partial charge in [-0.05, 0) is 42.7 Å². The van der Waals surface area contributed by atoms with Crippen LogP contribution in [0.4, 0.5) is 4.39 Å². The summed E-state index contributed by atoms with van der Waals surface area (Å²) in [6.45, 7) is 8.19. The molecule has 166 valence electrons. The van der Waals surface area contributed by atoms with Crippen molar-refractivity contribution < 1.29 is 9.13 Å². The first-order valence-electron chi connectivity index (χ1n) is 9.88. The second-order valence-electron chi connectivity index (χ2n) is 6.93. The Morgan fingerprint density at radius 3 is 2.55 bits per heavy atom. The van der Waals surface area contributed by atoms with Crippen LogP contribution in [0.1, 0.15) is 43.0 Å². The van der Waals surface area contributed by atoms with Gasteiger partial charge < -0.3 is 15.4 Å². The highest BCUT2D eigenvalue weighted by Gasteiger charge is 2.06. The molecule has 0 saturated carbocycles. The zero-order valence-corrected chi connectivity index (χ0v) is 20.9. The lowest BCUT2D eigenvalue weighted by Crippen LogP contribution is -2.36. The van der Waals surface area contributed by atoms with Gasteiger partial charge in [0.25, 0.3) is 0 Å². The Bertz CT molecular complexity index is 961. The first kappa shape index (κ1) is 25.0. The molecule has 0 aliphatic heterocycles. The van der Waals surface area contributed by atoms with Crippen molar-refractivity contribution >= 4 is 41.3 Å². The molecule has 9 heteroatoms. The number of aliphatic imine (C=N–C) groups is 1. The molecule has 2 N–H and O–H groups in total. The van der Waals surface area contributed by atoms with E-state index >= 15 is 0 Å². The highest BCUT2D eigenvalue weighted by molar-refractivity contribution is 14.0. The molecule has 0 saturated heterocycles. The Balaban J connectivity index is 0.00000341. The third-order valence-corrected chi connectivity index (χ3v) is 5.03. The van der Waals surface area contributed by atoms with Crippen LogP contribution >= 0.6 is 35.3 Å². The zero-order chi connectivity index (χ0) is 21.3. The second-order valence-corrected chi connectivity index (χ2v) is 7.87. The van der Waals surface area contributed by atoms with E-state index in [9.17, 15) is 4.39 Å². The molecule has 0 fully saturated rings. The maximum absolute atomic E-state index is 13.0. The Morgan fingerprint density at radius 1 is 1.16 bits per heavy atom. The fourth-order valence-corrected chi connectivity index (χ4v) is 3.43. The minimum Gasteiger partial charge on any atom is -0.439 e. The quantitative estimate of drug-likeness (QED) is 0.219. The van der Waals surface area contributed by atoms with Gasteiger partial charge in [-0.15, -0.1) is 35.3 Å². The van der Waals surface area contributed by atoms with E-state index in [2.05, 4.69) is 44.8 Å². The Kier molecular flexibility index (Phi) is 10.1. The molecule has 0 amide bonds. The third kappa shape index (κ3) is 8.06. The van der Waals surface area contributed by atoms with Crippen molar-refractivity contribution in [3.8, 4) is 11.6 Å². The van der Waals surface area contributed by atoms with E-state index < -0.39 is 0 Å². The molecule has 2 aromatic heterocycles. The van der Waals surface area contributed by atoms with Crippen LogP contribution in [0.5, 0.6) is 11.6 Å². The van der Waals surface area contributed by atoms with Crippen LogP contribution in [0, 0.1) is 5.82 Å². The smallest absolute Gasteiger partial charge is 0.219 e. The number of benzene rings is 1. The SMILES string of the molecule is CCNC(=NCc1ccc(Oc2ccc(F)cc2)nc1)NCc1nc(C(C)C)cs1.I. The van der Waals surface area contributed by atoms with Crippen LogP contribution in [-0.4, -0.2) is 22.5 Å². The van der Waals surface area contributed by atoms with Gasteiger partial charge in [0.2, 0.25) is 5.88 Å². The maximum Gasteiger partial charge on any atom is 0.219 e. The molecule has 0 bridgehead atoms. The topological polar surface area (TPSA) is 71.4 Å². The van der Waals surface area contributed by atoms with Crippen LogP contribution in [0.25, 0.3) is 0 Å². The molecular formula is C22H27FIN5OS. The van der Waals surface area contributed by atoms with E-state index in [1.54, 1.807) is 35.7 Å². The van der Waals surface area contributed by atoms with E-state index in [1.165, 1.54) is 12.1 Å². The second kappa shape index (κ2) is 12.6. The van der Waals surface area contributed by atoms with Crippen molar-refractivity contribution in [3.05, 3.63) is 70.1 Å². The molecule has 3 aromatic rings. The van der Waals surface area contributed by atoms with Crippen LogP contribution in [0.3, 0.4) is 0 Å². The zero-order valence-electron chi connectivity index (χ0n) is 17.8. The van der Waals surface area contributed by atoms with Gasteiger partial charge in [-0.25, -0.2) is 19.4 Å². The molecule has 0 aliphatic carbocycles. The minimum absolute atomic E-state index is 0. The Labute approximate surface area is 203 Å². The van der Waals surface area contributed by atoms with Gasteiger partial charge in [0.1, 0.15) is 16.6 Å². The maximum atomic E-state index is 13.0. The van der Waals surface area contributed by atoms with Crippen molar-refractivity contribution in [1.82, 2.24) is 20.6 Å². The molecule has 6 nitrogen and oxygen atoms in total. The first-order valence-corrected chi connectivity index (χ1v) is 10.8. The molecule has 0 aliphatic rings. The van der Waals surface area contributed by atoms with Crippen molar-refractivity contribution in [2.24, 2.45) is 4.99 Å². The number of aromatic nitrogens is 2. The lowest BCUT2D eigenvalue weighted by atomic mass is 10.2. The summed E-state index contributed by atoms with van der Waals surface area (Å²) in [6, 6.07) is 9.52. The predicted octanol–water partition coefficient (Wildman–Crippen LogP) is 5.47. The molecule has 0 radical (unpaired) electrons. The van der Waals surface area contributed by atoms with Crippen molar-refractivity contribution in [2.75, 3.05) is 6.54 Å². The average molecular weight is 555 g/mol. The van der Waals surface area contributed by atoms with Crippen LogP contribution in [0.15, 0.2) is 53.0 Å². The third-order valence-electron chi connectivity index (χ3n) is 4.17. The molecule has 0 atom stereocenters. The summed E-state index contributed by atoms with van der Waals surface area (Å²) in [7, 11) is 0. The number of guanidine groups is 1.